The van der Waals surface area contributed by atoms with E-state index < -0.39 is 0 Å². The van der Waals surface area contributed by atoms with Crippen molar-refractivity contribution >= 4 is 44.9 Å². The fourth-order valence-corrected chi connectivity index (χ4v) is 2.32. The minimum absolute atomic E-state index is 0.0937. The number of hydrogen-bond acceptors (Lipinski definition) is 1. The molecule has 4 heteroatoms. The molecule has 0 aliphatic heterocycles. The molecule has 1 aromatic rings. The van der Waals surface area contributed by atoms with Crippen LogP contribution < -0.4 is 0 Å². The van der Waals surface area contributed by atoms with Crippen LogP contribution in [0, 0.1) is 0 Å². The van der Waals surface area contributed by atoms with Gasteiger partial charge in [0.25, 0.3) is 0 Å². The van der Waals surface area contributed by atoms with Crippen molar-refractivity contribution in [2.45, 2.75) is 25.7 Å². The summed E-state index contributed by atoms with van der Waals surface area (Å²) in [6, 6.07) is 4.99. The molecule has 0 spiro atoms. The van der Waals surface area contributed by atoms with Gasteiger partial charge in [-0.25, -0.2) is 0 Å². The Morgan fingerprint density at radius 3 is 2.56 bits per heavy atom. The molecule has 0 aliphatic rings. The van der Waals surface area contributed by atoms with E-state index in [9.17, 15) is 4.79 Å². The third-order valence-electron chi connectivity index (χ3n) is 2.27. The highest BCUT2D eigenvalue weighted by Gasteiger charge is 2.09. The van der Waals surface area contributed by atoms with Gasteiger partial charge in [-0.15, -0.1) is 0 Å². The van der Waals surface area contributed by atoms with Gasteiger partial charge in [0.1, 0.15) is 0 Å². The first kappa shape index (κ1) is 14.0. The van der Waals surface area contributed by atoms with Crippen LogP contribution in [0.4, 0.5) is 0 Å². The predicted molar refractivity (Wildman–Crippen MR) is 73.1 cm³/mol. The summed E-state index contributed by atoms with van der Waals surface area (Å²) in [5.74, 6) is 0.0937. The van der Waals surface area contributed by atoms with Gasteiger partial charge in [0, 0.05) is 22.3 Å². The molecular weight excluding hydrogens is 311 g/mol. The van der Waals surface area contributed by atoms with Gasteiger partial charge in [-0.1, -0.05) is 45.6 Å². The number of carbonyl (C=O) groups excluding carboxylic acids is 1. The Morgan fingerprint density at radius 1 is 1.19 bits per heavy atom. The fraction of sp³-hybridized carbons (Fsp3) is 0.417. The predicted octanol–water partition coefficient (Wildman–Crippen LogP) is 5.13. The maximum Gasteiger partial charge on any atom is 0.164 e. The van der Waals surface area contributed by atoms with E-state index in [0.29, 0.717) is 22.0 Å². The van der Waals surface area contributed by atoms with Crippen LogP contribution in [0.15, 0.2) is 18.2 Å². The number of rotatable bonds is 6. The molecule has 0 N–H and O–H groups in total. The molecule has 0 amide bonds. The van der Waals surface area contributed by atoms with Crippen molar-refractivity contribution < 1.29 is 4.79 Å². The largest absolute Gasteiger partial charge is 0.294 e. The van der Waals surface area contributed by atoms with Crippen LogP contribution in [0.25, 0.3) is 0 Å². The van der Waals surface area contributed by atoms with Crippen molar-refractivity contribution in [1.29, 1.82) is 0 Å². The summed E-state index contributed by atoms with van der Waals surface area (Å²) >= 11 is 15.1. The van der Waals surface area contributed by atoms with E-state index in [4.69, 9.17) is 23.2 Å². The molecule has 1 aromatic carbocycles. The van der Waals surface area contributed by atoms with Gasteiger partial charge in [-0.3, -0.25) is 4.79 Å². The summed E-state index contributed by atoms with van der Waals surface area (Å²) in [6.45, 7) is 0. The lowest BCUT2D eigenvalue weighted by molar-refractivity contribution is 0.0979. The fourth-order valence-electron chi connectivity index (χ4n) is 1.41. The molecule has 1 rings (SSSR count). The average molecular weight is 324 g/mol. The lowest BCUT2D eigenvalue weighted by atomic mass is 10.0. The molecule has 0 bridgehead atoms. The highest BCUT2D eigenvalue weighted by molar-refractivity contribution is 9.09. The van der Waals surface area contributed by atoms with E-state index in [2.05, 4.69) is 15.9 Å². The van der Waals surface area contributed by atoms with Crippen LogP contribution in [0.3, 0.4) is 0 Å². The lowest BCUT2D eigenvalue weighted by Gasteiger charge is -2.03. The highest BCUT2D eigenvalue weighted by atomic mass is 79.9. The first-order valence-electron chi connectivity index (χ1n) is 5.19. The normalized spacial score (nSPS) is 10.4. The van der Waals surface area contributed by atoms with Gasteiger partial charge in [-0.05, 0) is 31.0 Å². The molecule has 0 radical (unpaired) electrons. The number of halogens is 3. The molecule has 1 nitrogen and oxygen atoms in total. The summed E-state index contributed by atoms with van der Waals surface area (Å²) in [7, 11) is 0. The number of Topliss-reactive ketones (excluding diaryl/α,β-unsaturated/α-hetero) is 1. The second kappa shape index (κ2) is 7.31. The van der Waals surface area contributed by atoms with Crippen molar-refractivity contribution in [3.05, 3.63) is 33.8 Å². The Labute approximate surface area is 114 Å². The van der Waals surface area contributed by atoms with E-state index in [1.54, 1.807) is 18.2 Å². The minimum Gasteiger partial charge on any atom is -0.294 e. The Hall–Kier alpha value is -0.0500. The Morgan fingerprint density at radius 2 is 1.94 bits per heavy atom. The first-order valence-corrected chi connectivity index (χ1v) is 7.07. The SMILES string of the molecule is O=C(CCCCCBr)c1ccc(Cl)cc1Cl. The van der Waals surface area contributed by atoms with Crippen LogP contribution in [0.1, 0.15) is 36.0 Å². The van der Waals surface area contributed by atoms with Crippen LogP contribution >= 0.6 is 39.1 Å². The topological polar surface area (TPSA) is 17.1 Å². The maximum atomic E-state index is 11.8. The first-order chi connectivity index (χ1) is 7.65. The standard InChI is InChI=1S/C12H13BrCl2O/c13-7-3-1-2-4-12(16)10-6-5-9(14)8-11(10)15/h5-6,8H,1-4,7H2. The molecule has 0 aromatic heterocycles. The van der Waals surface area contributed by atoms with Gasteiger partial charge in [0.05, 0.1) is 5.02 Å². The zero-order chi connectivity index (χ0) is 12.0. The molecule has 0 unspecified atom stereocenters. The average Bonchev–Trinajstić information content (AvgIpc) is 2.24. The summed E-state index contributed by atoms with van der Waals surface area (Å²) in [5.41, 5.74) is 0.574. The van der Waals surface area contributed by atoms with Crippen molar-refractivity contribution in [3.63, 3.8) is 0 Å². The van der Waals surface area contributed by atoms with Gasteiger partial charge < -0.3 is 0 Å². The summed E-state index contributed by atoms with van der Waals surface area (Å²) < 4.78 is 0. The van der Waals surface area contributed by atoms with E-state index in [1.807, 2.05) is 0 Å². The number of benzene rings is 1. The molecule has 0 heterocycles. The Bertz CT molecular complexity index is 366. The quantitative estimate of drug-likeness (QED) is 0.403. The summed E-state index contributed by atoms with van der Waals surface area (Å²) in [5, 5.41) is 1.99. The molecule has 88 valence electrons. The zero-order valence-corrected chi connectivity index (χ0v) is 11.9. The van der Waals surface area contributed by atoms with Gasteiger partial charge in [-0.2, -0.15) is 0 Å². The van der Waals surface area contributed by atoms with E-state index in [1.165, 1.54) is 0 Å². The molecule has 0 atom stereocenters. The van der Waals surface area contributed by atoms with Crippen molar-refractivity contribution in [2.24, 2.45) is 0 Å². The van der Waals surface area contributed by atoms with Crippen LogP contribution in [0.5, 0.6) is 0 Å². The smallest absolute Gasteiger partial charge is 0.164 e. The molecule has 0 saturated carbocycles. The van der Waals surface area contributed by atoms with Crippen LogP contribution in [0.2, 0.25) is 10.0 Å². The highest BCUT2D eigenvalue weighted by Crippen LogP contribution is 2.22. The van der Waals surface area contributed by atoms with E-state index in [-0.39, 0.29) is 5.78 Å². The van der Waals surface area contributed by atoms with Crippen molar-refractivity contribution in [2.75, 3.05) is 5.33 Å². The number of hydrogen-bond donors (Lipinski definition) is 0. The molecule has 0 fully saturated rings. The Balaban J connectivity index is 2.53. The van der Waals surface area contributed by atoms with Crippen molar-refractivity contribution in [3.8, 4) is 0 Å². The number of ketones is 1. The minimum atomic E-state index is 0.0937. The number of alkyl halides is 1. The molecule has 16 heavy (non-hydrogen) atoms. The molecule has 0 saturated heterocycles. The monoisotopic (exact) mass is 322 g/mol. The molecule has 0 aliphatic carbocycles. The summed E-state index contributed by atoms with van der Waals surface area (Å²) in [4.78, 5) is 11.8. The van der Waals surface area contributed by atoms with Crippen LogP contribution in [-0.2, 0) is 0 Å². The second-order valence-electron chi connectivity index (χ2n) is 3.55. The second-order valence-corrected chi connectivity index (χ2v) is 5.18. The van der Waals surface area contributed by atoms with Crippen molar-refractivity contribution in [1.82, 2.24) is 0 Å². The van der Waals surface area contributed by atoms with Crippen LogP contribution in [-0.4, -0.2) is 11.1 Å². The van der Waals surface area contributed by atoms with Gasteiger partial charge in [0.2, 0.25) is 0 Å². The van der Waals surface area contributed by atoms with Gasteiger partial charge in [0.15, 0.2) is 5.78 Å². The maximum absolute atomic E-state index is 11.8. The number of carbonyl (C=O) groups is 1. The van der Waals surface area contributed by atoms with Gasteiger partial charge >= 0.3 is 0 Å². The lowest BCUT2D eigenvalue weighted by Crippen LogP contribution is -1.99. The van der Waals surface area contributed by atoms with E-state index >= 15 is 0 Å². The zero-order valence-electron chi connectivity index (χ0n) is 8.81. The third-order valence-corrected chi connectivity index (χ3v) is 3.38. The third kappa shape index (κ3) is 4.44. The molecular formula is C12H13BrCl2O. The Kier molecular flexibility index (Phi) is 6.40. The van der Waals surface area contributed by atoms with E-state index in [0.717, 1.165) is 24.6 Å². The number of unbranched alkanes of at least 4 members (excludes halogenated alkanes) is 2. The summed E-state index contributed by atoms with van der Waals surface area (Å²) in [6.07, 6.45) is 3.61.